The van der Waals surface area contributed by atoms with Crippen LogP contribution in [0.25, 0.3) is 10.3 Å². The molecule has 1 aromatic carbocycles. The lowest BCUT2D eigenvalue weighted by Gasteiger charge is -2.31. The van der Waals surface area contributed by atoms with Crippen LogP contribution in [0.15, 0.2) is 36.4 Å². The van der Waals surface area contributed by atoms with E-state index in [0.29, 0.717) is 23.9 Å². The first-order chi connectivity index (χ1) is 13.5. The second-order valence-electron chi connectivity index (χ2n) is 6.80. The number of anilines is 1. The molecule has 1 N–H and O–H groups in total. The molecule has 0 atom stereocenters. The van der Waals surface area contributed by atoms with Crippen molar-refractivity contribution in [3.63, 3.8) is 0 Å². The number of hydrogen-bond donors (Lipinski definition) is 1. The number of nitrogens with zero attached hydrogens (tertiary/aromatic N) is 3. The Bertz CT molecular complexity index is 1040. The number of rotatable bonds is 3. The minimum atomic E-state index is -0.486. The van der Waals surface area contributed by atoms with Crippen LogP contribution in [0.5, 0.6) is 0 Å². The van der Waals surface area contributed by atoms with Crippen LogP contribution in [-0.2, 0) is 4.79 Å². The number of fused-ring (bicyclic) bond motifs is 1. The Hall–Kier alpha value is -2.87. The van der Waals surface area contributed by atoms with Gasteiger partial charge in [-0.05, 0) is 37.1 Å². The van der Waals surface area contributed by atoms with Crippen LogP contribution >= 0.6 is 11.3 Å². The summed E-state index contributed by atoms with van der Waals surface area (Å²) in [6.45, 7) is 2.57. The third-order valence-electron chi connectivity index (χ3n) is 4.86. The maximum absolute atomic E-state index is 13.9. The topological polar surface area (TPSA) is 75.2 Å². The van der Waals surface area contributed by atoms with Gasteiger partial charge < -0.3 is 10.2 Å². The summed E-state index contributed by atoms with van der Waals surface area (Å²) in [6.07, 6.45) is 1.53. The first-order valence-electron chi connectivity index (χ1n) is 9.10. The number of likely N-dealkylation sites (tertiary alicyclic amines) is 1. The number of hydrogen-bond acceptors (Lipinski definition) is 5. The van der Waals surface area contributed by atoms with Crippen molar-refractivity contribution in [2.45, 2.75) is 25.7 Å². The van der Waals surface area contributed by atoms with Gasteiger partial charge in [0.15, 0.2) is 10.8 Å². The van der Waals surface area contributed by atoms with Gasteiger partial charge >= 0.3 is 0 Å². The van der Waals surface area contributed by atoms with Crippen molar-refractivity contribution in [2.24, 2.45) is 0 Å². The first kappa shape index (κ1) is 18.5. The number of halogens is 1. The van der Waals surface area contributed by atoms with Gasteiger partial charge in [0.2, 0.25) is 5.91 Å². The molecular weight excluding hydrogens is 379 g/mol. The van der Waals surface area contributed by atoms with Crippen LogP contribution in [0.2, 0.25) is 0 Å². The summed E-state index contributed by atoms with van der Waals surface area (Å²) in [5.74, 6) is -0.689. The lowest BCUT2D eigenvalue weighted by molar-refractivity contribution is -0.114. The fourth-order valence-electron chi connectivity index (χ4n) is 3.45. The molecule has 0 aliphatic carbocycles. The lowest BCUT2D eigenvalue weighted by Crippen LogP contribution is -2.38. The highest BCUT2D eigenvalue weighted by atomic mass is 32.1. The second kappa shape index (κ2) is 7.63. The van der Waals surface area contributed by atoms with Gasteiger partial charge in [-0.3, -0.25) is 9.59 Å². The second-order valence-corrected chi connectivity index (χ2v) is 7.84. The quantitative estimate of drug-likeness (QED) is 0.728. The highest BCUT2D eigenvalue weighted by molar-refractivity contribution is 7.22. The van der Waals surface area contributed by atoms with Crippen LogP contribution in [0.4, 0.5) is 9.52 Å². The molecule has 1 aliphatic rings. The van der Waals surface area contributed by atoms with Crippen LogP contribution in [0.3, 0.4) is 0 Å². The summed E-state index contributed by atoms with van der Waals surface area (Å²) >= 11 is 1.39. The number of aromatic nitrogens is 2. The Balaban J connectivity index is 1.45. The van der Waals surface area contributed by atoms with E-state index in [4.69, 9.17) is 0 Å². The van der Waals surface area contributed by atoms with E-state index in [1.54, 1.807) is 17.0 Å². The summed E-state index contributed by atoms with van der Waals surface area (Å²) in [5, 5.41) is 3.22. The molecule has 1 saturated heterocycles. The molecular formula is C20H19FN4O2S. The molecule has 1 aliphatic heterocycles. The minimum Gasteiger partial charge on any atom is -0.339 e. The predicted octanol–water partition coefficient (Wildman–Crippen LogP) is 3.81. The largest absolute Gasteiger partial charge is 0.339 e. The van der Waals surface area contributed by atoms with Crippen LogP contribution in [-0.4, -0.2) is 39.8 Å². The summed E-state index contributed by atoms with van der Waals surface area (Å²) in [4.78, 5) is 34.5. The minimum absolute atomic E-state index is 0.119. The molecule has 0 radical (unpaired) electrons. The molecule has 3 heterocycles. The van der Waals surface area contributed by atoms with Gasteiger partial charge in [-0.25, -0.2) is 9.37 Å². The van der Waals surface area contributed by atoms with Crippen molar-refractivity contribution >= 4 is 38.6 Å². The molecule has 1 fully saturated rings. The number of piperidine rings is 1. The average molecular weight is 398 g/mol. The molecule has 6 nitrogen and oxygen atoms in total. The highest BCUT2D eigenvalue weighted by Gasteiger charge is 2.26. The molecule has 0 bridgehead atoms. The maximum Gasteiger partial charge on any atom is 0.256 e. The highest BCUT2D eigenvalue weighted by Crippen LogP contribution is 2.31. The number of carbonyl (C=O) groups is 2. The Morgan fingerprint density at radius 3 is 2.61 bits per heavy atom. The third kappa shape index (κ3) is 3.73. The summed E-state index contributed by atoms with van der Waals surface area (Å²) < 4.78 is 14.8. The van der Waals surface area contributed by atoms with E-state index in [2.05, 4.69) is 15.3 Å². The maximum atomic E-state index is 13.9. The lowest BCUT2D eigenvalue weighted by atomic mass is 9.92. The zero-order valence-electron chi connectivity index (χ0n) is 15.3. The van der Waals surface area contributed by atoms with Crippen molar-refractivity contribution in [3.8, 4) is 0 Å². The zero-order chi connectivity index (χ0) is 19.7. The van der Waals surface area contributed by atoms with Gasteiger partial charge in [-0.2, -0.15) is 4.98 Å². The number of carbonyl (C=O) groups excluding carboxylic acids is 2. The van der Waals surface area contributed by atoms with Gasteiger partial charge in [-0.1, -0.05) is 23.5 Å². The van der Waals surface area contributed by atoms with Crippen LogP contribution in [0.1, 0.15) is 41.7 Å². The van der Waals surface area contributed by atoms with E-state index in [0.717, 1.165) is 23.2 Å². The Morgan fingerprint density at radius 1 is 1.14 bits per heavy atom. The number of amides is 2. The molecule has 28 heavy (non-hydrogen) atoms. The number of benzene rings is 1. The van der Waals surface area contributed by atoms with E-state index >= 15 is 0 Å². The van der Waals surface area contributed by atoms with Crippen LogP contribution in [0, 0.1) is 5.82 Å². The SMILES string of the molecule is CC(=O)Nc1nc2nc(C3CCN(C(=O)c4ccccc4F)CC3)ccc2s1. The Kier molecular flexibility index (Phi) is 5.04. The molecule has 144 valence electrons. The molecule has 8 heteroatoms. The van der Waals surface area contributed by atoms with Gasteiger partial charge in [0, 0.05) is 31.6 Å². The van der Waals surface area contributed by atoms with E-state index in [1.807, 2.05) is 12.1 Å². The molecule has 2 amide bonds. The summed E-state index contributed by atoms with van der Waals surface area (Å²) in [7, 11) is 0. The summed E-state index contributed by atoms with van der Waals surface area (Å²) in [6, 6.07) is 10.0. The van der Waals surface area contributed by atoms with Gasteiger partial charge in [0.1, 0.15) is 5.82 Å². The summed E-state index contributed by atoms with van der Waals surface area (Å²) in [5.41, 5.74) is 1.68. The fraction of sp³-hybridized carbons (Fsp3) is 0.300. The predicted molar refractivity (Wildman–Crippen MR) is 106 cm³/mol. The van der Waals surface area contributed by atoms with E-state index in [1.165, 1.54) is 30.4 Å². The molecule has 0 saturated carbocycles. The van der Waals surface area contributed by atoms with Crippen molar-refractivity contribution in [1.29, 1.82) is 0 Å². The van der Waals surface area contributed by atoms with Gasteiger partial charge in [-0.15, -0.1) is 0 Å². The fourth-order valence-corrected chi connectivity index (χ4v) is 4.30. The Morgan fingerprint density at radius 2 is 1.89 bits per heavy atom. The van der Waals surface area contributed by atoms with Crippen molar-refractivity contribution < 1.29 is 14.0 Å². The third-order valence-corrected chi connectivity index (χ3v) is 5.79. The average Bonchev–Trinajstić information content (AvgIpc) is 3.08. The van der Waals surface area contributed by atoms with Gasteiger partial charge in [0.05, 0.1) is 10.3 Å². The Labute approximate surface area is 165 Å². The molecule has 3 aromatic rings. The van der Waals surface area contributed by atoms with Crippen LogP contribution < -0.4 is 5.32 Å². The molecule has 0 unspecified atom stereocenters. The zero-order valence-corrected chi connectivity index (χ0v) is 16.1. The van der Waals surface area contributed by atoms with E-state index < -0.39 is 5.82 Å². The van der Waals surface area contributed by atoms with Crippen molar-refractivity contribution in [2.75, 3.05) is 18.4 Å². The number of pyridine rings is 1. The monoisotopic (exact) mass is 398 g/mol. The van der Waals surface area contributed by atoms with E-state index in [-0.39, 0.29) is 23.3 Å². The molecule has 0 spiro atoms. The number of thiazole rings is 1. The molecule has 2 aromatic heterocycles. The van der Waals surface area contributed by atoms with E-state index in [9.17, 15) is 14.0 Å². The smallest absolute Gasteiger partial charge is 0.256 e. The standard InChI is InChI=1S/C20H19FN4O2S/c1-12(26)22-20-24-18-17(28-20)7-6-16(23-18)13-8-10-25(11-9-13)19(27)14-4-2-3-5-15(14)21/h2-7,13H,8-11H2,1H3,(H,22,23,24,26). The van der Waals surface area contributed by atoms with Gasteiger partial charge in [0.25, 0.3) is 5.91 Å². The first-order valence-corrected chi connectivity index (χ1v) is 9.92. The molecule has 4 rings (SSSR count). The normalized spacial score (nSPS) is 15.0. The number of nitrogens with one attached hydrogen (secondary N) is 1. The van der Waals surface area contributed by atoms with Crippen molar-refractivity contribution in [3.05, 3.63) is 53.5 Å². The van der Waals surface area contributed by atoms with Crippen molar-refractivity contribution in [1.82, 2.24) is 14.9 Å².